The van der Waals surface area contributed by atoms with Crippen LogP contribution in [0.25, 0.3) is 0 Å². The van der Waals surface area contributed by atoms with E-state index in [4.69, 9.17) is 0 Å². The largest absolute Gasteiger partial charge is 0.299 e. The Morgan fingerprint density at radius 2 is 2.24 bits per heavy atom. The van der Waals surface area contributed by atoms with Gasteiger partial charge >= 0.3 is 0 Å². The number of piperidine rings is 1. The average Bonchev–Trinajstić information content (AvgIpc) is 2.29. The molecule has 1 saturated heterocycles. The molecular formula is C14H19BrFN. The minimum atomic E-state index is -0.131. The Morgan fingerprint density at radius 3 is 2.94 bits per heavy atom. The monoisotopic (exact) mass is 299 g/mol. The molecule has 0 bridgehead atoms. The maximum atomic E-state index is 13.2. The van der Waals surface area contributed by atoms with Crippen molar-refractivity contribution in [2.24, 2.45) is 5.92 Å². The van der Waals surface area contributed by atoms with Crippen molar-refractivity contribution in [2.75, 3.05) is 13.1 Å². The number of alkyl halides is 1. The Bertz CT molecular complexity index is 394. The molecule has 17 heavy (non-hydrogen) atoms. The first-order valence-corrected chi connectivity index (χ1v) is 7.09. The van der Waals surface area contributed by atoms with Crippen molar-refractivity contribution in [1.82, 2.24) is 4.90 Å². The van der Waals surface area contributed by atoms with Crippen LogP contribution in [-0.2, 0) is 6.54 Å². The zero-order chi connectivity index (χ0) is 12.4. The molecule has 0 aliphatic carbocycles. The van der Waals surface area contributed by atoms with Gasteiger partial charge in [0, 0.05) is 17.9 Å². The average molecular weight is 300 g/mol. The number of aryl methyl sites for hydroxylation is 1. The molecule has 0 radical (unpaired) electrons. The van der Waals surface area contributed by atoms with Crippen LogP contribution in [0.3, 0.4) is 0 Å². The fourth-order valence-electron chi connectivity index (χ4n) is 2.40. The first kappa shape index (κ1) is 13.0. The number of likely N-dealkylation sites (tertiary alicyclic amines) is 1. The van der Waals surface area contributed by atoms with E-state index >= 15 is 0 Å². The summed E-state index contributed by atoms with van der Waals surface area (Å²) in [5.41, 5.74) is 2.30. The maximum absolute atomic E-state index is 13.2. The van der Waals surface area contributed by atoms with Gasteiger partial charge in [0.1, 0.15) is 5.82 Å². The Hall–Kier alpha value is -0.410. The molecule has 2 rings (SSSR count). The van der Waals surface area contributed by atoms with E-state index in [1.807, 2.05) is 6.07 Å². The first-order chi connectivity index (χ1) is 8.06. The van der Waals surface area contributed by atoms with Crippen LogP contribution in [-0.4, -0.2) is 22.8 Å². The lowest BCUT2D eigenvalue weighted by molar-refractivity contribution is 0.183. The van der Waals surface area contributed by atoms with E-state index in [2.05, 4.69) is 34.7 Å². The molecule has 2 atom stereocenters. The van der Waals surface area contributed by atoms with Gasteiger partial charge in [0.05, 0.1) is 0 Å². The summed E-state index contributed by atoms with van der Waals surface area (Å²) in [6, 6.07) is 5.07. The molecule has 1 aliphatic rings. The number of halogens is 2. The van der Waals surface area contributed by atoms with E-state index in [0.29, 0.717) is 10.7 Å². The SMILES string of the molecule is Cc1ccc(F)cc1CN1CCC(Br)C(C)C1. The molecule has 1 heterocycles. The zero-order valence-corrected chi connectivity index (χ0v) is 12.0. The quantitative estimate of drug-likeness (QED) is 0.752. The van der Waals surface area contributed by atoms with E-state index in [9.17, 15) is 4.39 Å². The third kappa shape index (κ3) is 3.29. The molecule has 0 aromatic heterocycles. The maximum Gasteiger partial charge on any atom is 0.123 e. The fraction of sp³-hybridized carbons (Fsp3) is 0.571. The van der Waals surface area contributed by atoms with Crippen LogP contribution >= 0.6 is 15.9 Å². The van der Waals surface area contributed by atoms with Gasteiger partial charge in [-0.2, -0.15) is 0 Å². The van der Waals surface area contributed by atoms with Crippen LogP contribution < -0.4 is 0 Å². The van der Waals surface area contributed by atoms with Crippen LogP contribution in [0, 0.1) is 18.7 Å². The second-order valence-corrected chi connectivity index (χ2v) is 6.26. The molecule has 0 N–H and O–H groups in total. The highest BCUT2D eigenvalue weighted by atomic mass is 79.9. The van der Waals surface area contributed by atoms with Crippen molar-refractivity contribution in [3.05, 3.63) is 35.1 Å². The molecule has 0 spiro atoms. The molecule has 2 unspecified atom stereocenters. The van der Waals surface area contributed by atoms with Crippen molar-refractivity contribution in [3.63, 3.8) is 0 Å². The zero-order valence-electron chi connectivity index (χ0n) is 10.4. The Morgan fingerprint density at radius 1 is 1.47 bits per heavy atom. The van der Waals surface area contributed by atoms with Gasteiger partial charge in [-0.05, 0) is 49.1 Å². The van der Waals surface area contributed by atoms with Crippen molar-refractivity contribution >= 4 is 15.9 Å². The lowest BCUT2D eigenvalue weighted by Crippen LogP contribution is -2.39. The third-order valence-corrected chi connectivity index (χ3v) is 4.95. The van der Waals surface area contributed by atoms with Crippen molar-refractivity contribution < 1.29 is 4.39 Å². The van der Waals surface area contributed by atoms with E-state index in [-0.39, 0.29) is 5.82 Å². The lowest BCUT2D eigenvalue weighted by Gasteiger charge is -2.34. The molecule has 1 aliphatic heterocycles. The highest BCUT2D eigenvalue weighted by molar-refractivity contribution is 9.09. The number of hydrogen-bond acceptors (Lipinski definition) is 1. The second-order valence-electron chi connectivity index (χ2n) is 5.09. The summed E-state index contributed by atoms with van der Waals surface area (Å²) >= 11 is 3.71. The molecule has 94 valence electrons. The summed E-state index contributed by atoms with van der Waals surface area (Å²) < 4.78 is 13.2. The number of nitrogens with zero attached hydrogens (tertiary/aromatic N) is 1. The van der Waals surface area contributed by atoms with Crippen LogP contribution in [0.15, 0.2) is 18.2 Å². The predicted octanol–water partition coefficient (Wildman–Crippen LogP) is 3.74. The number of benzene rings is 1. The lowest BCUT2D eigenvalue weighted by atomic mass is 9.99. The highest BCUT2D eigenvalue weighted by Crippen LogP contribution is 2.25. The number of hydrogen-bond donors (Lipinski definition) is 0. The second kappa shape index (κ2) is 5.49. The van der Waals surface area contributed by atoms with E-state index in [0.717, 1.165) is 25.2 Å². The molecule has 1 nitrogen and oxygen atoms in total. The van der Waals surface area contributed by atoms with Crippen molar-refractivity contribution in [2.45, 2.75) is 31.6 Å². The fourth-order valence-corrected chi connectivity index (χ4v) is 2.77. The van der Waals surface area contributed by atoms with Gasteiger partial charge in [0.15, 0.2) is 0 Å². The Balaban J connectivity index is 2.03. The summed E-state index contributed by atoms with van der Waals surface area (Å²) in [6.07, 6.45) is 1.18. The Kier molecular flexibility index (Phi) is 4.21. The van der Waals surface area contributed by atoms with Crippen LogP contribution in [0.2, 0.25) is 0 Å². The van der Waals surface area contributed by atoms with Crippen molar-refractivity contribution in [3.8, 4) is 0 Å². The third-order valence-electron chi connectivity index (χ3n) is 3.59. The summed E-state index contributed by atoms with van der Waals surface area (Å²) in [4.78, 5) is 3.05. The molecule has 1 fully saturated rings. The van der Waals surface area contributed by atoms with E-state index < -0.39 is 0 Å². The van der Waals surface area contributed by atoms with Crippen molar-refractivity contribution in [1.29, 1.82) is 0 Å². The summed E-state index contributed by atoms with van der Waals surface area (Å²) in [6.45, 7) is 7.37. The molecule has 0 saturated carbocycles. The topological polar surface area (TPSA) is 3.24 Å². The van der Waals surface area contributed by atoms with Gasteiger partial charge in [-0.15, -0.1) is 0 Å². The minimum Gasteiger partial charge on any atom is -0.299 e. The van der Waals surface area contributed by atoms with Crippen LogP contribution in [0.5, 0.6) is 0 Å². The van der Waals surface area contributed by atoms with Gasteiger partial charge in [-0.1, -0.05) is 28.9 Å². The molecular weight excluding hydrogens is 281 g/mol. The smallest absolute Gasteiger partial charge is 0.123 e. The normalized spacial score (nSPS) is 26.1. The molecule has 1 aromatic rings. The molecule has 1 aromatic carbocycles. The van der Waals surface area contributed by atoms with E-state index in [1.54, 1.807) is 6.07 Å². The van der Waals surface area contributed by atoms with Gasteiger partial charge in [0.2, 0.25) is 0 Å². The first-order valence-electron chi connectivity index (χ1n) is 6.17. The van der Waals surface area contributed by atoms with Crippen LogP contribution in [0.1, 0.15) is 24.5 Å². The molecule has 3 heteroatoms. The standard InChI is InChI=1S/C14H19BrFN/c1-10-3-4-13(16)7-12(10)9-17-6-5-14(15)11(2)8-17/h3-4,7,11,14H,5-6,8-9H2,1-2H3. The summed E-state index contributed by atoms with van der Waals surface area (Å²) in [5, 5.41) is 0. The molecule has 0 amide bonds. The number of rotatable bonds is 2. The highest BCUT2D eigenvalue weighted by Gasteiger charge is 2.24. The van der Waals surface area contributed by atoms with Gasteiger partial charge in [-0.25, -0.2) is 4.39 Å². The van der Waals surface area contributed by atoms with E-state index in [1.165, 1.54) is 18.1 Å². The van der Waals surface area contributed by atoms with Gasteiger partial charge in [-0.3, -0.25) is 4.90 Å². The minimum absolute atomic E-state index is 0.131. The summed E-state index contributed by atoms with van der Waals surface area (Å²) in [7, 11) is 0. The summed E-state index contributed by atoms with van der Waals surface area (Å²) in [5.74, 6) is 0.534. The Labute approximate surface area is 111 Å². The predicted molar refractivity (Wildman–Crippen MR) is 72.9 cm³/mol. The van der Waals surface area contributed by atoms with Gasteiger partial charge in [0.25, 0.3) is 0 Å². The van der Waals surface area contributed by atoms with Crippen LogP contribution in [0.4, 0.5) is 4.39 Å². The van der Waals surface area contributed by atoms with Gasteiger partial charge < -0.3 is 0 Å².